The van der Waals surface area contributed by atoms with Crippen LogP contribution in [0.4, 0.5) is 0 Å². The lowest BCUT2D eigenvalue weighted by Gasteiger charge is -2.06. The highest BCUT2D eigenvalue weighted by Crippen LogP contribution is 2.60. The van der Waals surface area contributed by atoms with E-state index in [1.165, 1.54) is 0 Å². The summed E-state index contributed by atoms with van der Waals surface area (Å²) in [5.41, 5.74) is 0.403. The summed E-state index contributed by atoms with van der Waals surface area (Å²) in [7, 11) is 0. The van der Waals surface area contributed by atoms with Crippen molar-refractivity contribution in [3.8, 4) is 0 Å². The van der Waals surface area contributed by atoms with E-state index in [0.717, 1.165) is 0 Å². The van der Waals surface area contributed by atoms with E-state index in [2.05, 4.69) is 30.7 Å². The molecule has 3 unspecified atom stereocenters. The highest BCUT2D eigenvalue weighted by molar-refractivity contribution is 5.21. The minimum atomic E-state index is 0.306. The number of hydrogen-bond acceptors (Lipinski definition) is 2. The van der Waals surface area contributed by atoms with Crippen LogP contribution in [0.15, 0.2) is 22.9 Å². The first-order valence-corrected chi connectivity index (χ1v) is 3.70. The van der Waals surface area contributed by atoms with Crippen molar-refractivity contribution < 1.29 is 0 Å². The van der Waals surface area contributed by atoms with E-state index in [1.807, 2.05) is 6.08 Å². The number of azo groups is 1. The Bertz CT molecular complexity index is 205. The molecule has 0 radical (unpaired) electrons. The first kappa shape index (κ1) is 6.08. The van der Waals surface area contributed by atoms with E-state index in [-0.39, 0.29) is 0 Å². The van der Waals surface area contributed by atoms with Crippen molar-refractivity contribution >= 4 is 0 Å². The minimum Gasteiger partial charge on any atom is -0.189 e. The van der Waals surface area contributed by atoms with Gasteiger partial charge in [-0.1, -0.05) is 19.9 Å². The molecular formula is C8H12N2. The molecule has 1 heterocycles. The molecule has 0 saturated heterocycles. The number of fused-ring (bicyclic) bond motifs is 1. The molecule has 3 atom stereocenters. The molecule has 1 aliphatic carbocycles. The highest BCUT2D eigenvalue weighted by Gasteiger charge is 2.64. The normalized spacial score (nSPS) is 46.8. The van der Waals surface area contributed by atoms with Gasteiger partial charge in [0.15, 0.2) is 0 Å². The maximum Gasteiger partial charge on any atom is 0.0941 e. The standard InChI is InChI=1S/C8H12N2/c1-4-5-6-7(10-9-5)8(6,2)3/h4-7H,1H2,2-3H3. The third-order valence-corrected chi connectivity index (χ3v) is 2.79. The van der Waals surface area contributed by atoms with Gasteiger partial charge in [-0.25, -0.2) is 0 Å². The molecule has 2 heteroatoms. The van der Waals surface area contributed by atoms with Gasteiger partial charge in [0.25, 0.3) is 0 Å². The van der Waals surface area contributed by atoms with Crippen molar-refractivity contribution in [3.05, 3.63) is 12.7 Å². The minimum absolute atomic E-state index is 0.306. The fraction of sp³-hybridized carbons (Fsp3) is 0.750. The largest absolute Gasteiger partial charge is 0.189 e. The Morgan fingerprint density at radius 1 is 1.40 bits per heavy atom. The lowest BCUT2D eigenvalue weighted by atomic mass is 10.0. The van der Waals surface area contributed by atoms with E-state index in [1.54, 1.807) is 0 Å². The van der Waals surface area contributed by atoms with Crippen LogP contribution in [0.3, 0.4) is 0 Å². The molecular weight excluding hydrogens is 124 g/mol. The molecule has 0 spiro atoms. The molecule has 1 fully saturated rings. The molecule has 0 aromatic carbocycles. The number of rotatable bonds is 1. The SMILES string of the molecule is C=CC1N=NC2C1C2(C)C. The summed E-state index contributed by atoms with van der Waals surface area (Å²) in [6, 6.07) is 0.801. The van der Waals surface area contributed by atoms with Gasteiger partial charge in [0.1, 0.15) is 0 Å². The summed E-state index contributed by atoms with van der Waals surface area (Å²) >= 11 is 0. The topological polar surface area (TPSA) is 24.7 Å². The Morgan fingerprint density at radius 2 is 2.10 bits per heavy atom. The summed E-state index contributed by atoms with van der Waals surface area (Å²) in [5, 5.41) is 8.26. The molecule has 0 aromatic heterocycles. The van der Waals surface area contributed by atoms with Crippen molar-refractivity contribution in [2.24, 2.45) is 21.6 Å². The Balaban J connectivity index is 2.22. The third-order valence-electron chi connectivity index (χ3n) is 2.79. The monoisotopic (exact) mass is 136 g/mol. The number of hydrogen-bond donors (Lipinski definition) is 0. The Labute approximate surface area is 61.0 Å². The van der Waals surface area contributed by atoms with E-state index in [4.69, 9.17) is 0 Å². The molecule has 54 valence electrons. The van der Waals surface area contributed by atoms with Crippen molar-refractivity contribution in [2.45, 2.75) is 25.9 Å². The van der Waals surface area contributed by atoms with Gasteiger partial charge in [-0.2, -0.15) is 10.2 Å². The van der Waals surface area contributed by atoms with Crippen LogP contribution in [0.25, 0.3) is 0 Å². The number of nitrogens with zero attached hydrogens (tertiary/aromatic N) is 2. The van der Waals surface area contributed by atoms with Crippen LogP contribution in [-0.2, 0) is 0 Å². The summed E-state index contributed by atoms with van der Waals surface area (Å²) in [6.45, 7) is 8.23. The molecule has 2 aliphatic rings. The van der Waals surface area contributed by atoms with Gasteiger partial charge >= 0.3 is 0 Å². The molecule has 0 N–H and O–H groups in total. The molecule has 0 bridgehead atoms. The zero-order chi connectivity index (χ0) is 7.35. The highest BCUT2D eigenvalue weighted by atomic mass is 15.3. The lowest BCUT2D eigenvalue weighted by molar-refractivity contribution is 0.496. The first-order valence-electron chi connectivity index (χ1n) is 3.70. The van der Waals surface area contributed by atoms with E-state index in [9.17, 15) is 0 Å². The van der Waals surface area contributed by atoms with Gasteiger partial charge in [0.05, 0.1) is 12.1 Å². The van der Waals surface area contributed by atoms with Crippen molar-refractivity contribution in [1.29, 1.82) is 0 Å². The molecule has 0 aromatic rings. The van der Waals surface area contributed by atoms with Gasteiger partial charge < -0.3 is 0 Å². The van der Waals surface area contributed by atoms with Gasteiger partial charge in [-0.05, 0) is 5.41 Å². The smallest absolute Gasteiger partial charge is 0.0941 e. The van der Waals surface area contributed by atoms with Gasteiger partial charge in [-0.15, -0.1) is 6.58 Å². The van der Waals surface area contributed by atoms with Crippen LogP contribution in [0.2, 0.25) is 0 Å². The average molecular weight is 136 g/mol. The van der Waals surface area contributed by atoms with Crippen molar-refractivity contribution in [2.75, 3.05) is 0 Å². The Kier molecular flexibility index (Phi) is 0.908. The zero-order valence-corrected chi connectivity index (χ0v) is 6.41. The fourth-order valence-corrected chi connectivity index (χ4v) is 1.91. The molecule has 1 saturated carbocycles. The van der Waals surface area contributed by atoms with Crippen LogP contribution in [0, 0.1) is 11.3 Å². The predicted molar refractivity (Wildman–Crippen MR) is 39.9 cm³/mol. The fourth-order valence-electron chi connectivity index (χ4n) is 1.91. The van der Waals surface area contributed by atoms with Gasteiger partial charge in [0.2, 0.25) is 0 Å². The second kappa shape index (κ2) is 1.49. The molecule has 1 aliphatic heterocycles. The first-order chi connectivity index (χ1) is 4.68. The van der Waals surface area contributed by atoms with Crippen LogP contribution in [0.1, 0.15) is 13.8 Å². The summed E-state index contributed by atoms with van der Waals surface area (Å²) < 4.78 is 0. The average Bonchev–Trinajstić information content (AvgIpc) is 2.28. The van der Waals surface area contributed by atoms with Crippen LogP contribution >= 0.6 is 0 Å². The quantitative estimate of drug-likeness (QED) is 0.493. The molecule has 10 heavy (non-hydrogen) atoms. The Hall–Kier alpha value is -0.660. The zero-order valence-electron chi connectivity index (χ0n) is 6.41. The summed E-state index contributed by atoms with van der Waals surface area (Å²) in [5.74, 6) is 0.657. The molecule has 2 rings (SSSR count). The predicted octanol–water partition coefficient (Wildman–Crippen LogP) is 2.03. The maximum absolute atomic E-state index is 4.17. The van der Waals surface area contributed by atoms with Gasteiger partial charge in [0, 0.05) is 5.92 Å². The van der Waals surface area contributed by atoms with E-state index < -0.39 is 0 Å². The molecule has 2 nitrogen and oxygen atoms in total. The third kappa shape index (κ3) is 0.498. The summed E-state index contributed by atoms with van der Waals surface area (Å²) in [6.07, 6.45) is 1.91. The van der Waals surface area contributed by atoms with Crippen LogP contribution < -0.4 is 0 Å². The second-order valence-corrected chi connectivity index (χ2v) is 3.75. The van der Waals surface area contributed by atoms with Gasteiger partial charge in [-0.3, -0.25) is 0 Å². The lowest BCUT2D eigenvalue weighted by Crippen LogP contribution is -2.05. The second-order valence-electron chi connectivity index (χ2n) is 3.75. The maximum atomic E-state index is 4.17. The van der Waals surface area contributed by atoms with E-state index in [0.29, 0.717) is 23.4 Å². The van der Waals surface area contributed by atoms with Crippen LogP contribution in [0.5, 0.6) is 0 Å². The van der Waals surface area contributed by atoms with E-state index >= 15 is 0 Å². The Morgan fingerprint density at radius 3 is 2.40 bits per heavy atom. The van der Waals surface area contributed by atoms with Crippen molar-refractivity contribution in [3.63, 3.8) is 0 Å². The van der Waals surface area contributed by atoms with Crippen molar-refractivity contribution in [1.82, 2.24) is 0 Å². The summed E-state index contributed by atoms with van der Waals surface area (Å²) in [4.78, 5) is 0. The molecule has 0 amide bonds. The van der Waals surface area contributed by atoms with Crippen LogP contribution in [-0.4, -0.2) is 12.1 Å².